The number of carbonyl (C=O) groups excluding carboxylic acids is 3. The minimum absolute atomic E-state index is 0.104. The zero-order valence-corrected chi connectivity index (χ0v) is 13.1. The van der Waals surface area contributed by atoms with Crippen LogP contribution in [-0.2, 0) is 28.6 Å². The molecule has 0 aromatic heterocycles. The van der Waals surface area contributed by atoms with E-state index in [1.54, 1.807) is 20.8 Å². The van der Waals surface area contributed by atoms with Crippen LogP contribution in [0.1, 0.15) is 40.0 Å². The van der Waals surface area contributed by atoms with Crippen LogP contribution in [0, 0.1) is 0 Å². The molecule has 0 heterocycles. The average Bonchev–Trinajstić information content (AvgIpc) is 2.42. The molecule has 0 aromatic carbocycles. The molecular weight excluding hydrogens is 278 g/mol. The van der Waals surface area contributed by atoms with Crippen molar-refractivity contribution >= 4 is 17.9 Å². The minimum Gasteiger partial charge on any atom is -0.468 e. The molecule has 0 saturated carbocycles. The van der Waals surface area contributed by atoms with Crippen LogP contribution in [0.3, 0.4) is 0 Å². The molecule has 2 atom stereocenters. The molecule has 0 rings (SSSR count). The van der Waals surface area contributed by atoms with E-state index in [2.05, 4.69) is 10.1 Å². The molecule has 7 heteroatoms. The van der Waals surface area contributed by atoms with Crippen LogP contribution in [-0.4, -0.2) is 50.3 Å². The van der Waals surface area contributed by atoms with Crippen molar-refractivity contribution in [1.29, 1.82) is 0 Å². The molecular formula is C14H25NO6. The maximum atomic E-state index is 11.7. The summed E-state index contributed by atoms with van der Waals surface area (Å²) in [4.78, 5) is 34.4. The summed E-state index contributed by atoms with van der Waals surface area (Å²) in [6.07, 6.45) is 0.492. The van der Waals surface area contributed by atoms with Gasteiger partial charge in [0, 0.05) is 12.5 Å². The summed E-state index contributed by atoms with van der Waals surface area (Å²) >= 11 is 0. The fraction of sp³-hybridized carbons (Fsp3) is 0.786. The topological polar surface area (TPSA) is 90.9 Å². The Labute approximate surface area is 125 Å². The summed E-state index contributed by atoms with van der Waals surface area (Å²) < 4.78 is 14.3. The van der Waals surface area contributed by atoms with Gasteiger partial charge in [0.05, 0.1) is 26.7 Å². The molecule has 0 aliphatic carbocycles. The first kappa shape index (κ1) is 19.4. The van der Waals surface area contributed by atoms with Gasteiger partial charge in [-0.05, 0) is 27.2 Å². The Morgan fingerprint density at radius 2 is 1.62 bits per heavy atom. The largest absolute Gasteiger partial charge is 0.468 e. The maximum absolute atomic E-state index is 11.7. The Kier molecular flexibility index (Phi) is 10.2. The molecule has 1 unspecified atom stereocenters. The van der Waals surface area contributed by atoms with Crippen molar-refractivity contribution < 1.29 is 28.6 Å². The van der Waals surface area contributed by atoms with Gasteiger partial charge in [0.1, 0.15) is 6.04 Å². The third-order valence-corrected chi connectivity index (χ3v) is 2.69. The Morgan fingerprint density at radius 3 is 2.14 bits per heavy atom. The van der Waals surface area contributed by atoms with Gasteiger partial charge < -0.3 is 19.5 Å². The fourth-order valence-electron chi connectivity index (χ4n) is 1.78. The van der Waals surface area contributed by atoms with E-state index in [-0.39, 0.29) is 37.2 Å². The van der Waals surface area contributed by atoms with Crippen molar-refractivity contribution in [1.82, 2.24) is 5.32 Å². The summed E-state index contributed by atoms with van der Waals surface area (Å²) in [7, 11) is 1.28. The number of esters is 3. The van der Waals surface area contributed by atoms with Gasteiger partial charge >= 0.3 is 17.9 Å². The first-order valence-corrected chi connectivity index (χ1v) is 7.09. The zero-order chi connectivity index (χ0) is 16.3. The molecule has 0 fully saturated rings. The SMILES string of the molecule is CCOC(=O)CC[C@H](NC(C)CC(=O)OCC)C(=O)OC. The second kappa shape index (κ2) is 11.1. The number of ether oxygens (including phenoxy) is 3. The van der Waals surface area contributed by atoms with E-state index in [9.17, 15) is 14.4 Å². The Hall–Kier alpha value is -1.63. The highest BCUT2D eigenvalue weighted by Crippen LogP contribution is 2.05. The third-order valence-electron chi connectivity index (χ3n) is 2.69. The van der Waals surface area contributed by atoms with E-state index in [1.165, 1.54) is 7.11 Å². The molecule has 0 saturated heterocycles. The number of hydrogen-bond donors (Lipinski definition) is 1. The average molecular weight is 303 g/mol. The van der Waals surface area contributed by atoms with Gasteiger partial charge in [-0.2, -0.15) is 0 Å². The van der Waals surface area contributed by atoms with Gasteiger partial charge in [-0.25, -0.2) is 0 Å². The molecule has 0 bridgehead atoms. The summed E-state index contributed by atoms with van der Waals surface area (Å²) in [5.41, 5.74) is 0. The van der Waals surface area contributed by atoms with E-state index in [4.69, 9.17) is 9.47 Å². The lowest BCUT2D eigenvalue weighted by atomic mass is 10.1. The van der Waals surface area contributed by atoms with Crippen molar-refractivity contribution in [2.45, 2.75) is 52.1 Å². The minimum atomic E-state index is -0.663. The van der Waals surface area contributed by atoms with Crippen molar-refractivity contribution in [3.05, 3.63) is 0 Å². The molecule has 7 nitrogen and oxygen atoms in total. The number of methoxy groups -OCH3 is 1. The lowest BCUT2D eigenvalue weighted by Gasteiger charge is -2.20. The zero-order valence-electron chi connectivity index (χ0n) is 13.1. The molecule has 0 aromatic rings. The highest BCUT2D eigenvalue weighted by molar-refractivity contribution is 5.77. The summed E-state index contributed by atoms with van der Waals surface area (Å²) in [6.45, 7) is 5.82. The van der Waals surface area contributed by atoms with E-state index in [1.807, 2.05) is 0 Å². The lowest BCUT2D eigenvalue weighted by molar-refractivity contribution is -0.147. The van der Waals surface area contributed by atoms with Crippen LogP contribution in [0.4, 0.5) is 0 Å². The van der Waals surface area contributed by atoms with E-state index >= 15 is 0 Å². The quantitative estimate of drug-likeness (QED) is 0.471. The molecule has 0 spiro atoms. The van der Waals surface area contributed by atoms with Gasteiger partial charge in [-0.1, -0.05) is 0 Å². The van der Waals surface area contributed by atoms with Crippen molar-refractivity contribution in [3.8, 4) is 0 Å². The number of hydrogen-bond acceptors (Lipinski definition) is 7. The summed E-state index contributed by atoms with van der Waals surface area (Å²) in [6, 6.07) is -0.931. The van der Waals surface area contributed by atoms with Crippen LogP contribution >= 0.6 is 0 Å². The van der Waals surface area contributed by atoms with Gasteiger partial charge in [0.15, 0.2) is 0 Å². The van der Waals surface area contributed by atoms with Crippen LogP contribution in [0.15, 0.2) is 0 Å². The molecule has 0 amide bonds. The fourth-order valence-corrected chi connectivity index (χ4v) is 1.78. The standard InChI is InChI=1S/C14H25NO6/c1-5-20-12(16)8-7-11(14(18)19-4)15-10(3)9-13(17)21-6-2/h10-11,15H,5-9H2,1-4H3/t10?,11-/m0/s1. The van der Waals surface area contributed by atoms with Gasteiger partial charge in [0.2, 0.25) is 0 Å². The number of rotatable bonds is 10. The highest BCUT2D eigenvalue weighted by Gasteiger charge is 2.23. The molecule has 1 N–H and O–H groups in total. The molecule has 0 radical (unpaired) electrons. The second-order valence-electron chi connectivity index (χ2n) is 4.50. The predicted octanol–water partition coefficient (Wildman–Crippen LogP) is 0.803. The number of carbonyl (C=O) groups is 3. The summed E-state index contributed by atoms with van der Waals surface area (Å²) in [5.74, 6) is -1.19. The van der Waals surface area contributed by atoms with Crippen LogP contribution in [0.25, 0.3) is 0 Å². The third kappa shape index (κ3) is 9.01. The highest BCUT2D eigenvalue weighted by atomic mass is 16.5. The van der Waals surface area contributed by atoms with E-state index in [0.717, 1.165) is 0 Å². The summed E-state index contributed by atoms with van der Waals surface area (Å²) in [5, 5.41) is 2.97. The molecule has 0 aliphatic heterocycles. The van der Waals surface area contributed by atoms with Crippen LogP contribution < -0.4 is 5.32 Å². The van der Waals surface area contributed by atoms with Crippen molar-refractivity contribution in [2.75, 3.05) is 20.3 Å². The predicted molar refractivity (Wildman–Crippen MR) is 75.5 cm³/mol. The van der Waals surface area contributed by atoms with E-state index < -0.39 is 12.0 Å². The second-order valence-corrected chi connectivity index (χ2v) is 4.50. The first-order valence-electron chi connectivity index (χ1n) is 7.09. The normalized spacial score (nSPS) is 13.1. The van der Waals surface area contributed by atoms with Crippen LogP contribution in [0.2, 0.25) is 0 Å². The monoisotopic (exact) mass is 303 g/mol. The van der Waals surface area contributed by atoms with Gasteiger partial charge in [0.25, 0.3) is 0 Å². The lowest BCUT2D eigenvalue weighted by Crippen LogP contribution is -2.44. The van der Waals surface area contributed by atoms with Gasteiger partial charge in [-0.15, -0.1) is 0 Å². The van der Waals surface area contributed by atoms with Crippen molar-refractivity contribution in [2.24, 2.45) is 0 Å². The smallest absolute Gasteiger partial charge is 0.322 e. The Morgan fingerprint density at radius 1 is 1.05 bits per heavy atom. The van der Waals surface area contributed by atoms with E-state index in [0.29, 0.717) is 13.2 Å². The van der Waals surface area contributed by atoms with Crippen molar-refractivity contribution in [3.63, 3.8) is 0 Å². The first-order chi connectivity index (χ1) is 9.94. The molecule has 21 heavy (non-hydrogen) atoms. The molecule has 0 aliphatic rings. The molecule has 122 valence electrons. The Bertz CT molecular complexity index is 344. The van der Waals surface area contributed by atoms with Crippen LogP contribution in [0.5, 0.6) is 0 Å². The van der Waals surface area contributed by atoms with Gasteiger partial charge in [-0.3, -0.25) is 14.4 Å². The maximum Gasteiger partial charge on any atom is 0.322 e. The number of nitrogens with one attached hydrogen (secondary N) is 1. The Balaban J connectivity index is 4.38.